The summed E-state index contributed by atoms with van der Waals surface area (Å²) >= 11 is 0. The molecule has 2 atom stereocenters. The van der Waals surface area contributed by atoms with Crippen molar-refractivity contribution in [2.24, 2.45) is 0 Å². The number of rotatable bonds is 2. The number of aromatic nitrogens is 1. The number of pyridine rings is 1. The minimum Gasteiger partial charge on any atom is -0.384 e. The van der Waals surface area contributed by atoms with E-state index in [1.54, 1.807) is 0 Å². The van der Waals surface area contributed by atoms with Crippen molar-refractivity contribution in [3.05, 3.63) is 29.6 Å². The zero-order valence-electron chi connectivity index (χ0n) is 11.2. The van der Waals surface area contributed by atoms with E-state index < -0.39 is 17.3 Å². The first-order valence-electron chi connectivity index (χ1n) is 6.81. The van der Waals surface area contributed by atoms with Gasteiger partial charge in [0.2, 0.25) is 0 Å². The van der Waals surface area contributed by atoms with Crippen molar-refractivity contribution >= 4 is 0 Å². The molecule has 0 amide bonds. The van der Waals surface area contributed by atoms with Gasteiger partial charge in [-0.25, -0.2) is 0 Å². The maximum Gasteiger partial charge on any atom is 0.416 e. The van der Waals surface area contributed by atoms with Crippen molar-refractivity contribution in [2.45, 2.75) is 50.0 Å². The van der Waals surface area contributed by atoms with Crippen LogP contribution in [0.25, 0.3) is 0 Å². The van der Waals surface area contributed by atoms with E-state index in [1.165, 1.54) is 0 Å². The lowest BCUT2D eigenvalue weighted by Gasteiger charge is -2.26. The zero-order chi connectivity index (χ0) is 14.5. The number of nitrogens with zero attached hydrogens (tertiary/aromatic N) is 2. The number of hydrogen-bond acceptors (Lipinski definition) is 3. The third-order valence-electron chi connectivity index (χ3n) is 4.29. The van der Waals surface area contributed by atoms with Gasteiger partial charge in [0, 0.05) is 36.6 Å². The van der Waals surface area contributed by atoms with E-state index in [2.05, 4.69) is 9.88 Å². The van der Waals surface area contributed by atoms with Gasteiger partial charge in [-0.05, 0) is 32.3 Å². The Hall–Kier alpha value is -1.14. The molecular weight excluding hydrogens is 269 g/mol. The molecule has 0 radical (unpaired) electrons. The molecule has 2 fully saturated rings. The molecule has 6 heteroatoms. The van der Waals surface area contributed by atoms with Gasteiger partial charge >= 0.3 is 6.18 Å². The van der Waals surface area contributed by atoms with Crippen LogP contribution in [0.15, 0.2) is 18.5 Å². The Balaban J connectivity index is 1.96. The molecule has 0 bridgehead atoms. The summed E-state index contributed by atoms with van der Waals surface area (Å²) in [6, 6.07) is 1.46. The summed E-state index contributed by atoms with van der Waals surface area (Å²) in [7, 11) is 0. The maximum atomic E-state index is 13.1. The topological polar surface area (TPSA) is 36.4 Å². The normalized spacial score (nSPS) is 31.8. The molecule has 1 aromatic rings. The van der Waals surface area contributed by atoms with Crippen LogP contribution in [0.2, 0.25) is 0 Å². The highest BCUT2D eigenvalue weighted by atomic mass is 19.4. The first-order valence-corrected chi connectivity index (χ1v) is 6.81. The lowest BCUT2D eigenvalue weighted by Crippen LogP contribution is -2.34. The van der Waals surface area contributed by atoms with E-state index in [0.29, 0.717) is 12.5 Å². The van der Waals surface area contributed by atoms with Crippen molar-refractivity contribution in [3.63, 3.8) is 0 Å². The zero-order valence-corrected chi connectivity index (χ0v) is 11.2. The lowest BCUT2D eigenvalue weighted by molar-refractivity contribution is -0.140. The maximum absolute atomic E-state index is 13.1. The van der Waals surface area contributed by atoms with Gasteiger partial charge in [0.15, 0.2) is 0 Å². The van der Waals surface area contributed by atoms with Crippen LogP contribution in [0.4, 0.5) is 13.2 Å². The van der Waals surface area contributed by atoms with Crippen LogP contribution in [0.1, 0.15) is 37.3 Å². The fourth-order valence-corrected chi connectivity index (χ4v) is 3.23. The molecule has 3 nitrogen and oxygen atoms in total. The summed E-state index contributed by atoms with van der Waals surface area (Å²) in [4.78, 5) is 5.90. The highest BCUT2D eigenvalue weighted by Crippen LogP contribution is 2.45. The highest BCUT2D eigenvalue weighted by Gasteiger charge is 2.50. The van der Waals surface area contributed by atoms with Crippen molar-refractivity contribution in [1.29, 1.82) is 0 Å². The Morgan fingerprint density at radius 2 is 2.10 bits per heavy atom. The molecule has 0 spiro atoms. The second kappa shape index (κ2) is 4.43. The molecule has 20 heavy (non-hydrogen) atoms. The van der Waals surface area contributed by atoms with Crippen molar-refractivity contribution in [1.82, 2.24) is 9.88 Å². The summed E-state index contributed by atoms with van der Waals surface area (Å²) < 4.78 is 39.3. The van der Waals surface area contributed by atoms with Gasteiger partial charge in [0.05, 0.1) is 5.56 Å². The number of alkyl halides is 3. The summed E-state index contributed by atoms with van der Waals surface area (Å²) in [6.07, 6.45) is 0.264. The van der Waals surface area contributed by atoms with Crippen LogP contribution < -0.4 is 0 Å². The van der Waals surface area contributed by atoms with E-state index in [4.69, 9.17) is 0 Å². The second-order valence-corrected chi connectivity index (χ2v) is 5.91. The first-order chi connectivity index (χ1) is 9.31. The number of halogens is 3. The highest BCUT2D eigenvalue weighted by molar-refractivity contribution is 5.33. The van der Waals surface area contributed by atoms with Gasteiger partial charge in [-0.2, -0.15) is 13.2 Å². The Bertz CT molecular complexity index is 515. The number of aliphatic hydroxyl groups is 1. The molecule has 1 N–H and O–H groups in total. The lowest BCUT2D eigenvalue weighted by atomic mass is 9.89. The fourth-order valence-electron chi connectivity index (χ4n) is 3.23. The van der Waals surface area contributed by atoms with E-state index in [9.17, 15) is 18.3 Å². The Kier molecular flexibility index (Phi) is 3.06. The van der Waals surface area contributed by atoms with Crippen molar-refractivity contribution in [2.75, 3.05) is 6.54 Å². The average Bonchev–Trinajstić information content (AvgIpc) is 3.15. The summed E-state index contributed by atoms with van der Waals surface area (Å²) in [5.74, 6) is 0. The fraction of sp³-hybridized carbons (Fsp3) is 0.643. The van der Waals surface area contributed by atoms with Gasteiger partial charge in [-0.15, -0.1) is 0 Å². The van der Waals surface area contributed by atoms with Crippen LogP contribution in [0, 0.1) is 0 Å². The van der Waals surface area contributed by atoms with Gasteiger partial charge in [-0.1, -0.05) is 0 Å². The van der Waals surface area contributed by atoms with E-state index in [-0.39, 0.29) is 18.2 Å². The molecular formula is C14H17F3N2O. The third-order valence-corrected chi connectivity index (χ3v) is 4.29. The Morgan fingerprint density at radius 1 is 1.40 bits per heavy atom. The second-order valence-electron chi connectivity index (χ2n) is 5.91. The molecule has 1 saturated carbocycles. The van der Waals surface area contributed by atoms with Crippen LogP contribution in [-0.4, -0.2) is 33.6 Å². The standard InChI is InChI=1S/C14H17F3N2O/c1-9-6-13(20,8-19(9)10-2-3-10)12-7-18-5-4-11(12)14(15,16)17/h4-5,7,9-10,20H,2-3,6,8H2,1H3. The number of β-amino-alcohol motifs (C(OH)–C–C–N with tert-alkyl or cyclic N) is 1. The smallest absolute Gasteiger partial charge is 0.384 e. The molecule has 2 aliphatic rings. The van der Waals surface area contributed by atoms with Crippen LogP contribution in [-0.2, 0) is 11.8 Å². The third kappa shape index (κ3) is 2.31. The number of hydrogen-bond donors (Lipinski definition) is 1. The summed E-state index contributed by atoms with van der Waals surface area (Å²) in [5.41, 5.74) is -2.33. The summed E-state index contributed by atoms with van der Waals surface area (Å²) in [5, 5.41) is 10.7. The minimum atomic E-state index is -4.47. The number of likely N-dealkylation sites (tertiary alicyclic amines) is 1. The van der Waals surface area contributed by atoms with Crippen LogP contribution in [0.3, 0.4) is 0 Å². The van der Waals surface area contributed by atoms with Crippen molar-refractivity contribution in [3.8, 4) is 0 Å². The van der Waals surface area contributed by atoms with E-state index in [1.807, 2.05) is 6.92 Å². The molecule has 1 aliphatic carbocycles. The van der Waals surface area contributed by atoms with Crippen LogP contribution in [0.5, 0.6) is 0 Å². The van der Waals surface area contributed by atoms with Gasteiger partial charge in [-0.3, -0.25) is 9.88 Å². The van der Waals surface area contributed by atoms with Gasteiger partial charge in [0.25, 0.3) is 0 Å². The first kappa shape index (κ1) is 13.8. The molecule has 2 heterocycles. The van der Waals surface area contributed by atoms with E-state index in [0.717, 1.165) is 31.3 Å². The molecule has 2 unspecified atom stereocenters. The molecule has 1 aromatic heterocycles. The predicted molar refractivity (Wildman–Crippen MR) is 66.9 cm³/mol. The van der Waals surface area contributed by atoms with Gasteiger partial charge in [0.1, 0.15) is 5.60 Å². The molecule has 3 rings (SSSR count). The van der Waals surface area contributed by atoms with Gasteiger partial charge < -0.3 is 5.11 Å². The molecule has 1 aliphatic heterocycles. The average molecular weight is 286 g/mol. The van der Waals surface area contributed by atoms with E-state index >= 15 is 0 Å². The molecule has 110 valence electrons. The molecule has 1 saturated heterocycles. The minimum absolute atomic E-state index is 0.0915. The Morgan fingerprint density at radius 3 is 2.70 bits per heavy atom. The predicted octanol–water partition coefficient (Wildman–Crippen LogP) is 2.54. The van der Waals surface area contributed by atoms with Crippen LogP contribution >= 0.6 is 0 Å². The van der Waals surface area contributed by atoms with Crippen molar-refractivity contribution < 1.29 is 18.3 Å². The SMILES string of the molecule is CC1CC(O)(c2cnccc2C(F)(F)F)CN1C1CC1. The Labute approximate surface area is 115 Å². The largest absolute Gasteiger partial charge is 0.416 e. The monoisotopic (exact) mass is 286 g/mol. The quantitative estimate of drug-likeness (QED) is 0.907. The molecule has 0 aromatic carbocycles. The summed E-state index contributed by atoms with van der Waals surface area (Å²) in [6.45, 7) is 2.22.